The second-order valence-electron chi connectivity index (χ2n) is 17.5. The highest BCUT2D eigenvalue weighted by atomic mass is 16.5. The fourth-order valence-corrected chi connectivity index (χ4v) is 7.87. The number of aliphatic hydroxyl groups excluding tert-OH is 2. The number of hydrogen-bond donors (Lipinski definition) is 3. The third-order valence-electron chi connectivity index (χ3n) is 11.8. The van der Waals surface area contributed by atoms with Crippen LogP contribution in [0.15, 0.2) is 12.2 Å². The summed E-state index contributed by atoms with van der Waals surface area (Å²) in [7, 11) is 0. The molecule has 0 saturated carbocycles. The topological polar surface area (TPSA) is 95.9 Å². The van der Waals surface area contributed by atoms with Crippen LogP contribution < -0.4 is 5.32 Å². The van der Waals surface area contributed by atoms with E-state index in [-0.39, 0.29) is 18.5 Å². The Hall–Kier alpha value is -1.40. The van der Waals surface area contributed by atoms with E-state index in [0.717, 1.165) is 57.8 Å². The molecular weight excluding hydrogens is 707 g/mol. The van der Waals surface area contributed by atoms with Gasteiger partial charge in [-0.1, -0.05) is 225 Å². The summed E-state index contributed by atoms with van der Waals surface area (Å²) in [6, 6.07) is -0.554. The van der Waals surface area contributed by atoms with Crippen LogP contribution in [0.2, 0.25) is 0 Å². The monoisotopic (exact) mass is 806 g/mol. The number of rotatable bonds is 47. The molecule has 0 radical (unpaired) electrons. The lowest BCUT2D eigenvalue weighted by atomic mass is 10.0. The van der Waals surface area contributed by atoms with E-state index in [1.807, 2.05) is 0 Å². The van der Waals surface area contributed by atoms with E-state index in [1.165, 1.54) is 186 Å². The van der Waals surface area contributed by atoms with Gasteiger partial charge in [0.15, 0.2) is 0 Å². The van der Waals surface area contributed by atoms with Gasteiger partial charge in [0.05, 0.1) is 25.4 Å². The zero-order chi connectivity index (χ0) is 41.5. The maximum atomic E-state index is 12.4. The second kappa shape index (κ2) is 47.3. The average molecular weight is 806 g/mol. The van der Waals surface area contributed by atoms with Gasteiger partial charge in [-0.2, -0.15) is 0 Å². The zero-order valence-corrected chi connectivity index (χ0v) is 38.3. The minimum atomic E-state index is -0.675. The molecule has 0 rings (SSSR count). The summed E-state index contributed by atoms with van der Waals surface area (Å²) in [6.07, 6.45) is 53.1. The molecule has 57 heavy (non-hydrogen) atoms. The van der Waals surface area contributed by atoms with Gasteiger partial charge in [-0.15, -0.1) is 0 Å². The average Bonchev–Trinajstić information content (AvgIpc) is 3.21. The Labute approximate surface area is 355 Å². The second-order valence-corrected chi connectivity index (χ2v) is 17.5. The number of unbranched alkanes of at least 4 members (excludes halogenated alkanes) is 34. The van der Waals surface area contributed by atoms with E-state index < -0.39 is 12.1 Å². The van der Waals surface area contributed by atoms with Crippen molar-refractivity contribution in [3.8, 4) is 0 Å². The van der Waals surface area contributed by atoms with Gasteiger partial charge in [0.25, 0.3) is 0 Å². The van der Waals surface area contributed by atoms with Gasteiger partial charge >= 0.3 is 5.97 Å². The molecule has 6 nitrogen and oxygen atoms in total. The lowest BCUT2D eigenvalue weighted by Gasteiger charge is -2.22. The van der Waals surface area contributed by atoms with E-state index in [1.54, 1.807) is 0 Å². The molecule has 0 saturated heterocycles. The van der Waals surface area contributed by atoms with Crippen LogP contribution in [-0.2, 0) is 14.3 Å². The first kappa shape index (κ1) is 55.6. The molecule has 1 amide bonds. The van der Waals surface area contributed by atoms with Crippen molar-refractivity contribution in [2.75, 3.05) is 13.2 Å². The number of hydrogen-bond acceptors (Lipinski definition) is 5. The number of ether oxygens (including phenoxy) is 1. The number of amides is 1. The van der Waals surface area contributed by atoms with Gasteiger partial charge in [0.1, 0.15) is 0 Å². The van der Waals surface area contributed by atoms with Gasteiger partial charge in [-0.25, -0.2) is 0 Å². The van der Waals surface area contributed by atoms with Crippen LogP contribution in [0.3, 0.4) is 0 Å². The summed E-state index contributed by atoms with van der Waals surface area (Å²) in [6.45, 7) is 4.90. The molecule has 0 aromatic rings. The Morgan fingerprint density at radius 3 is 1.25 bits per heavy atom. The van der Waals surface area contributed by atoms with Crippen LogP contribution in [0.25, 0.3) is 0 Å². The Balaban J connectivity index is 3.47. The Morgan fingerprint density at radius 2 is 0.825 bits per heavy atom. The number of carbonyl (C=O) groups is 2. The summed E-state index contributed by atoms with van der Waals surface area (Å²) in [5.41, 5.74) is 0. The normalized spacial score (nSPS) is 12.7. The first-order valence-electron chi connectivity index (χ1n) is 25.4. The molecule has 3 N–H and O–H groups in total. The predicted octanol–water partition coefficient (Wildman–Crippen LogP) is 15.0. The number of aliphatic hydroxyl groups is 2. The summed E-state index contributed by atoms with van der Waals surface area (Å²) < 4.78 is 5.45. The van der Waals surface area contributed by atoms with Gasteiger partial charge in [0, 0.05) is 12.8 Å². The third-order valence-corrected chi connectivity index (χ3v) is 11.8. The van der Waals surface area contributed by atoms with Crippen molar-refractivity contribution in [3.05, 3.63) is 12.2 Å². The van der Waals surface area contributed by atoms with Crippen molar-refractivity contribution < 1.29 is 24.5 Å². The minimum absolute atomic E-state index is 0.0213. The lowest BCUT2D eigenvalue weighted by Crippen LogP contribution is -2.45. The van der Waals surface area contributed by atoms with E-state index in [2.05, 4.69) is 31.3 Å². The highest BCUT2D eigenvalue weighted by Crippen LogP contribution is 2.16. The molecule has 0 bridgehead atoms. The molecule has 0 heterocycles. The number of nitrogens with one attached hydrogen (secondary N) is 1. The molecular formula is C51H99NO5. The van der Waals surface area contributed by atoms with Crippen LogP contribution in [0.1, 0.15) is 277 Å². The van der Waals surface area contributed by atoms with Crippen LogP contribution in [-0.4, -0.2) is 47.4 Å². The van der Waals surface area contributed by atoms with Crippen LogP contribution >= 0.6 is 0 Å². The molecule has 2 atom stereocenters. The van der Waals surface area contributed by atoms with Gasteiger partial charge < -0.3 is 20.3 Å². The molecule has 6 heteroatoms. The smallest absolute Gasteiger partial charge is 0.305 e. The first-order chi connectivity index (χ1) is 28.0. The Bertz CT molecular complexity index is 847. The molecule has 2 unspecified atom stereocenters. The fourth-order valence-electron chi connectivity index (χ4n) is 7.87. The molecule has 338 valence electrons. The summed E-state index contributed by atoms with van der Waals surface area (Å²) in [5.74, 6) is -0.0748. The maximum Gasteiger partial charge on any atom is 0.305 e. The van der Waals surface area contributed by atoms with Gasteiger partial charge in [0.2, 0.25) is 5.91 Å². The van der Waals surface area contributed by atoms with E-state index in [4.69, 9.17) is 4.74 Å². The van der Waals surface area contributed by atoms with E-state index in [9.17, 15) is 19.8 Å². The van der Waals surface area contributed by atoms with Crippen molar-refractivity contribution in [3.63, 3.8) is 0 Å². The first-order valence-corrected chi connectivity index (χ1v) is 25.4. The van der Waals surface area contributed by atoms with E-state index in [0.29, 0.717) is 25.9 Å². The number of carbonyl (C=O) groups excluding carboxylic acids is 2. The maximum absolute atomic E-state index is 12.4. The van der Waals surface area contributed by atoms with Crippen LogP contribution in [0.4, 0.5) is 0 Å². The molecule has 0 aromatic heterocycles. The zero-order valence-electron chi connectivity index (χ0n) is 38.3. The fraction of sp³-hybridized carbons (Fsp3) is 0.922. The Kier molecular flexibility index (Phi) is 46.1. The molecule has 0 fully saturated rings. The number of esters is 1. The number of allylic oxidation sites excluding steroid dienone is 2. The molecule has 0 spiro atoms. The van der Waals surface area contributed by atoms with Crippen molar-refractivity contribution >= 4 is 11.9 Å². The van der Waals surface area contributed by atoms with E-state index >= 15 is 0 Å². The summed E-state index contributed by atoms with van der Waals surface area (Å²) in [4.78, 5) is 24.5. The van der Waals surface area contributed by atoms with Gasteiger partial charge in [-0.3, -0.25) is 9.59 Å². The van der Waals surface area contributed by atoms with Crippen molar-refractivity contribution in [2.45, 2.75) is 289 Å². The predicted molar refractivity (Wildman–Crippen MR) is 246 cm³/mol. The molecule has 0 aliphatic carbocycles. The van der Waals surface area contributed by atoms with Crippen molar-refractivity contribution in [1.29, 1.82) is 0 Å². The highest BCUT2D eigenvalue weighted by molar-refractivity contribution is 5.76. The molecule has 0 aliphatic rings. The van der Waals surface area contributed by atoms with Gasteiger partial charge in [-0.05, 0) is 51.4 Å². The summed E-state index contributed by atoms with van der Waals surface area (Å²) >= 11 is 0. The summed E-state index contributed by atoms with van der Waals surface area (Å²) in [5, 5.41) is 23.2. The highest BCUT2D eigenvalue weighted by Gasteiger charge is 2.20. The standard InChI is InChI=1S/C51H99NO5/c1-3-5-7-9-11-13-15-17-19-21-25-29-33-37-41-45-51(56)57-46-42-38-34-30-26-22-24-28-32-36-40-44-50(55)52-48(47-53)49(54)43-39-35-31-27-23-20-18-16-14-12-10-8-6-4-2/h17,19,48-49,53-54H,3-16,18,20-47H2,1-2H3,(H,52,55)/b19-17-. The minimum Gasteiger partial charge on any atom is -0.466 e. The molecule has 0 aliphatic heterocycles. The quantitative estimate of drug-likeness (QED) is 0.0323. The molecule has 0 aromatic carbocycles. The lowest BCUT2D eigenvalue weighted by molar-refractivity contribution is -0.143. The third kappa shape index (κ3) is 44.0. The van der Waals surface area contributed by atoms with Crippen LogP contribution in [0, 0.1) is 0 Å². The van der Waals surface area contributed by atoms with Crippen LogP contribution in [0.5, 0.6) is 0 Å². The largest absolute Gasteiger partial charge is 0.466 e. The SMILES string of the molecule is CCCCCCCC/C=C\CCCCCCCC(=O)OCCCCCCCCCCCCCC(=O)NC(CO)C(O)CCCCCCCCCCCCCCCC. The van der Waals surface area contributed by atoms with Crippen molar-refractivity contribution in [1.82, 2.24) is 5.32 Å². The Morgan fingerprint density at radius 1 is 0.474 bits per heavy atom. The van der Waals surface area contributed by atoms with Crippen molar-refractivity contribution in [2.24, 2.45) is 0 Å².